The zero-order chi connectivity index (χ0) is 21.8. The number of hydrogen-bond donors (Lipinski definition) is 1. The highest BCUT2D eigenvalue weighted by atomic mass is 16.5. The van der Waals surface area contributed by atoms with Crippen LogP contribution in [0.3, 0.4) is 0 Å². The van der Waals surface area contributed by atoms with Crippen LogP contribution in [-0.2, 0) is 17.8 Å². The molecule has 0 atom stereocenters. The van der Waals surface area contributed by atoms with E-state index in [-0.39, 0.29) is 12.3 Å². The zero-order valence-electron chi connectivity index (χ0n) is 18.1. The van der Waals surface area contributed by atoms with Crippen LogP contribution in [0.2, 0.25) is 0 Å². The van der Waals surface area contributed by atoms with E-state index in [4.69, 9.17) is 9.15 Å². The highest BCUT2D eigenvalue weighted by Gasteiger charge is 2.16. The van der Waals surface area contributed by atoms with Crippen molar-refractivity contribution >= 4 is 22.6 Å². The van der Waals surface area contributed by atoms with Crippen molar-refractivity contribution in [2.24, 2.45) is 0 Å². The average Bonchev–Trinajstić information content (AvgIpc) is 3.27. The molecule has 2 heterocycles. The van der Waals surface area contributed by atoms with E-state index in [2.05, 4.69) is 16.3 Å². The monoisotopic (exact) mass is 420 g/mol. The predicted molar refractivity (Wildman–Crippen MR) is 122 cm³/mol. The summed E-state index contributed by atoms with van der Waals surface area (Å²) in [5.74, 6) is 0.525. The van der Waals surface area contributed by atoms with Crippen molar-refractivity contribution in [2.75, 3.05) is 25.5 Å². The van der Waals surface area contributed by atoms with Crippen LogP contribution in [0.4, 0.5) is 5.69 Å². The smallest absolute Gasteiger partial charge is 0.339 e. The highest BCUT2D eigenvalue weighted by molar-refractivity contribution is 5.91. The second-order valence-electron chi connectivity index (χ2n) is 8.04. The summed E-state index contributed by atoms with van der Waals surface area (Å²) in [6.45, 7) is 4.94. The van der Waals surface area contributed by atoms with E-state index in [1.165, 1.54) is 12.8 Å². The van der Waals surface area contributed by atoms with Crippen LogP contribution < -0.4 is 15.7 Å². The summed E-state index contributed by atoms with van der Waals surface area (Å²) in [6, 6.07) is 13.3. The van der Waals surface area contributed by atoms with E-state index in [1.54, 1.807) is 13.2 Å². The minimum Gasteiger partial charge on any atom is -0.497 e. The van der Waals surface area contributed by atoms with Crippen LogP contribution in [0.25, 0.3) is 11.0 Å². The Hall–Kier alpha value is -3.12. The molecule has 6 heteroatoms. The summed E-state index contributed by atoms with van der Waals surface area (Å²) in [7, 11) is 1.57. The van der Waals surface area contributed by atoms with Crippen molar-refractivity contribution < 1.29 is 13.9 Å². The molecule has 0 unspecified atom stereocenters. The van der Waals surface area contributed by atoms with Crippen molar-refractivity contribution in [2.45, 2.75) is 39.2 Å². The van der Waals surface area contributed by atoms with Crippen LogP contribution in [-0.4, -0.2) is 31.0 Å². The molecule has 162 valence electrons. The van der Waals surface area contributed by atoms with Crippen LogP contribution in [0.1, 0.15) is 36.0 Å². The standard InChI is InChI=1S/C25H28N2O4/c1-17-20-10-9-19(30-2)15-23(20)31-25(29)21(17)11-12-24(28)26-22-8-4-3-7-18(22)16-27-13-5-6-14-27/h3-4,7-10,15H,5-6,11-14,16H2,1-2H3,(H,26,28). The SMILES string of the molecule is COc1ccc2c(C)c(CCC(=O)Nc3ccccc3CN3CCCC3)c(=O)oc2c1. The summed E-state index contributed by atoms with van der Waals surface area (Å²) >= 11 is 0. The van der Waals surface area contributed by atoms with Gasteiger partial charge in [-0.25, -0.2) is 4.79 Å². The number of nitrogens with one attached hydrogen (secondary N) is 1. The molecule has 1 fully saturated rings. The van der Waals surface area contributed by atoms with Crippen molar-refractivity contribution in [3.63, 3.8) is 0 Å². The van der Waals surface area contributed by atoms with E-state index in [1.807, 2.05) is 37.3 Å². The van der Waals surface area contributed by atoms with Gasteiger partial charge in [0, 0.05) is 35.7 Å². The number of carbonyl (C=O) groups excluding carboxylic acids is 1. The van der Waals surface area contributed by atoms with Gasteiger partial charge in [0.15, 0.2) is 0 Å². The van der Waals surface area contributed by atoms with E-state index in [9.17, 15) is 9.59 Å². The van der Waals surface area contributed by atoms with Crippen molar-refractivity contribution in [3.8, 4) is 5.75 Å². The van der Waals surface area contributed by atoms with Crippen LogP contribution in [0.5, 0.6) is 5.75 Å². The lowest BCUT2D eigenvalue weighted by Gasteiger charge is -2.18. The number of anilines is 1. The molecule has 0 bridgehead atoms. The van der Waals surface area contributed by atoms with Gasteiger partial charge in [-0.3, -0.25) is 9.69 Å². The van der Waals surface area contributed by atoms with Gasteiger partial charge < -0.3 is 14.5 Å². The fourth-order valence-corrected chi connectivity index (χ4v) is 4.20. The van der Waals surface area contributed by atoms with Gasteiger partial charge in [-0.05, 0) is 68.6 Å². The van der Waals surface area contributed by atoms with E-state index in [0.717, 1.165) is 41.8 Å². The number of nitrogens with zero attached hydrogens (tertiary/aromatic N) is 1. The fraction of sp³-hybridized carbons (Fsp3) is 0.360. The molecule has 0 saturated carbocycles. The van der Waals surface area contributed by atoms with Crippen molar-refractivity contribution in [3.05, 3.63) is 69.6 Å². The molecule has 2 aromatic carbocycles. The lowest BCUT2D eigenvalue weighted by molar-refractivity contribution is -0.116. The summed E-state index contributed by atoms with van der Waals surface area (Å²) < 4.78 is 10.7. The fourth-order valence-electron chi connectivity index (χ4n) is 4.20. The Morgan fingerprint density at radius 1 is 1.16 bits per heavy atom. The molecule has 1 aliphatic rings. The van der Waals surface area contributed by atoms with Crippen LogP contribution in [0.15, 0.2) is 51.7 Å². The first-order valence-electron chi connectivity index (χ1n) is 10.8. The second-order valence-corrected chi connectivity index (χ2v) is 8.04. The molecule has 3 aromatic rings. The molecule has 1 aromatic heterocycles. The Morgan fingerprint density at radius 2 is 1.94 bits per heavy atom. The summed E-state index contributed by atoms with van der Waals surface area (Å²) in [4.78, 5) is 27.6. The number of hydrogen-bond acceptors (Lipinski definition) is 5. The summed E-state index contributed by atoms with van der Waals surface area (Å²) in [6.07, 6.45) is 3.01. The van der Waals surface area contributed by atoms with Crippen LogP contribution >= 0.6 is 0 Å². The number of methoxy groups -OCH3 is 1. The van der Waals surface area contributed by atoms with Gasteiger partial charge in [0.05, 0.1) is 7.11 Å². The number of aryl methyl sites for hydroxylation is 1. The molecule has 31 heavy (non-hydrogen) atoms. The van der Waals surface area contributed by atoms with E-state index in [0.29, 0.717) is 23.3 Å². The van der Waals surface area contributed by atoms with Gasteiger partial charge in [0.1, 0.15) is 11.3 Å². The molecule has 4 rings (SSSR count). The third-order valence-electron chi connectivity index (χ3n) is 5.98. The molecule has 1 saturated heterocycles. The predicted octanol–water partition coefficient (Wildman–Crippen LogP) is 4.28. The summed E-state index contributed by atoms with van der Waals surface area (Å²) in [5.41, 5.74) is 3.43. The molecule has 6 nitrogen and oxygen atoms in total. The Morgan fingerprint density at radius 3 is 2.71 bits per heavy atom. The number of carbonyl (C=O) groups is 1. The Bertz CT molecular complexity index is 1150. The van der Waals surface area contributed by atoms with Gasteiger partial charge in [0.25, 0.3) is 0 Å². The maximum absolute atomic E-state index is 12.7. The third-order valence-corrected chi connectivity index (χ3v) is 5.98. The van der Waals surface area contributed by atoms with Crippen LogP contribution in [0, 0.1) is 6.92 Å². The number of likely N-dealkylation sites (tertiary alicyclic amines) is 1. The molecule has 0 spiro atoms. The first-order valence-corrected chi connectivity index (χ1v) is 10.8. The van der Waals surface area contributed by atoms with Gasteiger partial charge in [-0.1, -0.05) is 18.2 Å². The van der Waals surface area contributed by atoms with Crippen molar-refractivity contribution in [1.82, 2.24) is 4.90 Å². The molecular weight excluding hydrogens is 392 g/mol. The van der Waals surface area contributed by atoms with Gasteiger partial charge in [-0.15, -0.1) is 0 Å². The van der Waals surface area contributed by atoms with E-state index >= 15 is 0 Å². The first-order chi connectivity index (χ1) is 15.0. The minimum absolute atomic E-state index is 0.109. The van der Waals surface area contributed by atoms with Gasteiger partial charge in [-0.2, -0.15) is 0 Å². The Kier molecular flexibility index (Phi) is 6.37. The number of rotatable bonds is 7. The third kappa shape index (κ3) is 4.80. The largest absolute Gasteiger partial charge is 0.497 e. The summed E-state index contributed by atoms with van der Waals surface area (Å²) in [5, 5.41) is 3.88. The molecule has 0 aliphatic carbocycles. The Labute approximate surface area is 181 Å². The molecular formula is C25H28N2O4. The average molecular weight is 421 g/mol. The Balaban J connectivity index is 1.46. The van der Waals surface area contributed by atoms with Gasteiger partial charge in [0.2, 0.25) is 5.91 Å². The molecule has 1 N–H and O–H groups in total. The number of para-hydroxylation sites is 1. The van der Waals surface area contributed by atoms with E-state index < -0.39 is 5.63 Å². The number of fused-ring (bicyclic) bond motifs is 1. The number of ether oxygens (including phenoxy) is 1. The zero-order valence-corrected chi connectivity index (χ0v) is 18.1. The normalized spacial score (nSPS) is 14.1. The van der Waals surface area contributed by atoms with Crippen molar-refractivity contribution in [1.29, 1.82) is 0 Å². The topological polar surface area (TPSA) is 71.8 Å². The molecule has 0 radical (unpaired) electrons. The maximum atomic E-state index is 12.7. The first kappa shape index (κ1) is 21.1. The maximum Gasteiger partial charge on any atom is 0.339 e. The number of benzene rings is 2. The quantitative estimate of drug-likeness (QED) is 0.578. The van der Waals surface area contributed by atoms with Gasteiger partial charge >= 0.3 is 5.63 Å². The molecule has 1 aliphatic heterocycles. The lowest BCUT2D eigenvalue weighted by atomic mass is 10.0. The highest BCUT2D eigenvalue weighted by Crippen LogP contribution is 2.25. The molecule has 1 amide bonds. The minimum atomic E-state index is -0.402. The second kappa shape index (κ2) is 9.35. The number of amides is 1. The lowest BCUT2D eigenvalue weighted by Crippen LogP contribution is -2.21.